The molecule has 0 aromatic rings. The van der Waals surface area contributed by atoms with E-state index < -0.39 is 36.5 Å². The van der Waals surface area contributed by atoms with E-state index in [9.17, 15) is 20.4 Å². The average molecular weight is 619 g/mol. The summed E-state index contributed by atoms with van der Waals surface area (Å²) >= 11 is 0. The van der Waals surface area contributed by atoms with Gasteiger partial charge in [0.05, 0.1) is 24.9 Å². The molecule has 4 N–H and O–H groups in total. The second kappa shape index (κ2) is 9.02. The Bertz CT molecular complexity index is 1200. The Morgan fingerprint density at radius 2 is 1.50 bits per heavy atom. The second-order valence-corrected chi connectivity index (χ2v) is 19.0. The first-order chi connectivity index (χ1) is 20.4. The predicted octanol–water partition coefficient (Wildman–Crippen LogP) is 4.40. The monoisotopic (exact) mass is 618 g/mol. The Balaban J connectivity index is 1.10. The van der Waals surface area contributed by atoms with Gasteiger partial charge in [-0.25, -0.2) is 0 Å². The van der Waals surface area contributed by atoms with Crippen LogP contribution in [0.2, 0.25) is 0 Å². The third-order valence-corrected chi connectivity index (χ3v) is 16.0. The standard InChI is InChI=1S/C36H58O8/c1-18-15-20-27(30(2,3)4)44-36(43-20)26(18)32(7)13-14-35-17-34(35)12-11-23(42-28-25(39)24(38)19(37)16-41-28)31(5,6)21(34)9-10-22(35)33(32,8)29(36)40/h18-29,37-40H,9-17H2,1-8H3/t18-,19+,20-,21+,22+,23+,24+,25-,26?,27+,28+,29-,32-,33-,34-,35+,36?/m1/s1. The molecule has 3 aliphatic heterocycles. The molecule has 0 aromatic carbocycles. The van der Waals surface area contributed by atoms with Gasteiger partial charge >= 0.3 is 0 Å². The minimum absolute atomic E-state index is 0.0129. The van der Waals surface area contributed by atoms with Crippen molar-refractivity contribution in [2.75, 3.05) is 6.61 Å². The van der Waals surface area contributed by atoms with Gasteiger partial charge in [0, 0.05) is 11.3 Å². The molecule has 2 unspecified atom stereocenters. The summed E-state index contributed by atoms with van der Waals surface area (Å²) in [5, 5.41) is 43.6. The molecule has 5 saturated carbocycles. The summed E-state index contributed by atoms with van der Waals surface area (Å²) in [6.07, 6.45) is 3.35. The lowest BCUT2D eigenvalue weighted by atomic mass is 9.41. The van der Waals surface area contributed by atoms with Gasteiger partial charge in [-0.1, -0.05) is 55.4 Å². The van der Waals surface area contributed by atoms with E-state index in [0.29, 0.717) is 17.8 Å². The molecule has 17 atom stereocenters. The van der Waals surface area contributed by atoms with Crippen LogP contribution in [0.4, 0.5) is 0 Å². The summed E-state index contributed by atoms with van der Waals surface area (Å²) in [6.45, 7) is 18.6. The predicted molar refractivity (Wildman–Crippen MR) is 162 cm³/mol. The first kappa shape index (κ1) is 31.0. The molecule has 8 fully saturated rings. The van der Waals surface area contributed by atoms with Crippen molar-refractivity contribution in [3.8, 4) is 0 Å². The van der Waals surface area contributed by atoms with Gasteiger partial charge in [0.25, 0.3) is 0 Å². The molecule has 3 spiro atoms. The van der Waals surface area contributed by atoms with Crippen LogP contribution in [0.1, 0.15) is 107 Å². The summed E-state index contributed by atoms with van der Waals surface area (Å²) in [7, 11) is 0. The maximum atomic E-state index is 12.7. The Hall–Kier alpha value is -0.320. The summed E-state index contributed by atoms with van der Waals surface area (Å²) in [6, 6.07) is 0. The van der Waals surface area contributed by atoms with E-state index in [0.717, 1.165) is 38.5 Å². The molecule has 8 aliphatic rings. The van der Waals surface area contributed by atoms with Crippen LogP contribution in [-0.4, -0.2) is 81.8 Å². The van der Waals surface area contributed by atoms with Gasteiger partial charge < -0.3 is 39.4 Å². The lowest BCUT2D eigenvalue weighted by molar-refractivity contribution is -0.303. The van der Waals surface area contributed by atoms with Crippen LogP contribution >= 0.6 is 0 Å². The Morgan fingerprint density at radius 3 is 2.20 bits per heavy atom. The van der Waals surface area contributed by atoms with Crippen LogP contribution in [0.15, 0.2) is 0 Å². The van der Waals surface area contributed by atoms with Crippen LogP contribution in [0, 0.1) is 56.2 Å². The Morgan fingerprint density at radius 1 is 0.818 bits per heavy atom. The van der Waals surface area contributed by atoms with Crippen molar-refractivity contribution in [2.24, 2.45) is 56.2 Å². The quantitative estimate of drug-likeness (QED) is 0.337. The van der Waals surface area contributed by atoms with Gasteiger partial charge in [-0.3, -0.25) is 0 Å². The molecular weight excluding hydrogens is 560 g/mol. The smallest absolute Gasteiger partial charge is 0.199 e. The maximum Gasteiger partial charge on any atom is 0.199 e. The summed E-state index contributed by atoms with van der Waals surface area (Å²) in [5.41, 5.74) is -0.112. The fourth-order valence-corrected chi connectivity index (χ4v) is 14.1. The van der Waals surface area contributed by atoms with E-state index in [-0.39, 0.29) is 63.3 Å². The van der Waals surface area contributed by atoms with Crippen LogP contribution in [0.5, 0.6) is 0 Å². The highest BCUT2D eigenvalue weighted by Crippen LogP contribution is 2.90. The molecule has 3 heterocycles. The fraction of sp³-hybridized carbons (Fsp3) is 1.00. The van der Waals surface area contributed by atoms with E-state index in [1.807, 2.05) is 0 Å². The Kier molecular flexibility index (Phi) is 6.35. The van der Waals surface area contributed by atoms with Gasteiger partial charge in [-0.05, 0) is 96.2 Å². The van der Waals surface area contributed by atoms with E-state index in [2.05, 4.69) is 55.4 Å². The number of hydrogen-bond acceptors (Lipinski definition) is 8. The van der Waals surface area contributed by atoms with Crippen LogP contribution in [0.25, 0.3) is 0 Å². The van der Waals surface area contributed by atoms with Crippen molar-refractivity contribution in [2.45, 2.75) is 162 Å². The molecule has 8 rings (SSSR count). The number of fused-ring (bicyclic) bond motifs is 4. The van der Waals surface area contributed by atoms with Crippen molar-refractivity contribution in [3.63, 3.8) is 0 Å². The third kappa shape index (κ3) is 3.39. The van der Waals surface area contributed by atoms with E-state index in [1.165, 1.54) is 12.8 Å². The fourth-order valence-electron chi connectivity index (χ4n) is 14.1. The highest BCUT2D eigenvalue weighted by atomic mass is 16.8. The molecule has 0 amide bonds. The van der Waals surface area contributed by atoms with Gasteiger partial charge in [0.2, 0.25) is 0 Å². The zero-order valence-corrected chi connectivity index (χ0v) is 28.2. The topological polar surface area (TPSA) is 118 Å². The van der Waals surface area contributed by atoms with Crippen molar-refractivity contribution in [1.29, 1.82) is 0 Å². The number of ether oxygens (including phenoxy) is 4. The average Bonchev–Trinajstić information content (AvgIpc) is 3.45. The lowest BCUT2D eigenvalue weighted by Crippen LogP contribution is -2.61. The normalized spacial score (nSPS) is 62.2. The highest BCUT2D eigenvalue weighted by Gasteiger charge is 2.88. The first-order valence-corrected chi connectivity index (χ1v) is 17.8. The van der Waals surface area contributed by atoms with Crippen molar-refractivity contribution in [3.05, 3.63) is 0 Å². The zero-order valence-electron chi connectivity index (χ0n) is 28.2. The van der Waals surface area contributed by atoms with Crippen LogP contribution < -0.4 is 0 Å². The summed E-state index contributed by atoms with van der Waals surface area (Å²) in [5.74, 6) is 0.586. The van der Waals surface area contributed by atoms with Gasteiger partial charge in [0.15, 0.2) is 12.1 Å². The minimum Gasteiger partial charge on any atom is -0.388 e. The number of aliphatic hydroxyl groups excluding tert-OH is 4. The van der Waals surface area contributed by atoms with Gasteiger partial charge in [-0.15, -0.1) is 0 Å². The van der Waals surface area contributed by atoms with Crippen LogP contribution in [-0.2, 0) is 18.9 Å². The number of aliphatic hydroxyl groups is 4. The first-order valence-electron chi connectivity index (χ1n) is 17.8. The molecule has 3 saturated heterocycles. The molecule has 0 radical (unpaired) electrons. The summed E-state index contributed by atoms with van der Waals surface area (Å²) < 4.78 is 26.2. The lowest BCUT2D eigenvalue weighted by Gasteiger charge is -2.63. The molecule has 8 nitrogen and oxygen atoms in total. The van der Waals surface area contributed by atoms with Gasteiger partial charge in [0.1, 0.15) is 24.4 Å². The highest BCUT2D eigenvalue weighted by molar-refractivity contribution is 5.34. The molecule has 44 heavy (non-hydrogen) atoms. The van der Waals surface area contributed by atoms with E-state index >= 15 is 0 Å². The molecule has 2 bridgehead atoms. The SMILES string of the molecule is C[C@@H]1C[C@H]2OC3(O[C@@H]2C(C)(C)C)C1[C@@]1(C)CC[C@@]24C[C@@]25CC[C@H](O[C@@H]2OC[C@H](O)[C@H](O)[C@H]2O)C(C)(C)[C@@H]5CC[C@H]4[C@]1(C)[C@H]3O. The Labute approximate surface area is 263 Å². The number of hydrogen-bond donors (Lipinski definition) is 4. The van der Waals surface area contributed by atoms with Gasteiger partial charge in [-0.2, -0.15) is 0 Å². The molecular formula is C36H58O8. The maximum absolute atomic E-state index is 12.7. The molecule has 8 heteroatoms. The van der Waals surface area contributed by atoms with Crippen LogP contribution in [0.3, 0.4) is 0 Å². The van der Waals surface area contributed by atoms with E-state index in [4.69, 9.17) is 18.9 Å². The summed E-state index contributed by atoms with van der Waals surface area (Å²) in [4.78, 5) is 0. The minimum atomic E-state index is -1.27. The number of rotatable bonds is 2. The van der Waals surface area contributed by atoms with Crippen molar-refractivity contribution < 1.29 is 39.4 Å². The molecule has 250 valence electrons. The van der Waals surface area contributed by atoms with Crippen molar-refractivity contribution in [1.82, 2.24) is 0 Å². The van der Waals surface area contributed by atoms with Crippen molar-refractivity contribution >= 4 is 0 Å². The van der Waals surface area contributed by atoms with E-state index in [1.54, 1.807) is 0 Å². The molecule has 5 aliphatic carbocycles. The largest absolute Gasteiger partial charge is 0.388 e. The third-order valence-electron chi connectivity index (χ3n) is 16.0. The zero-order chi connectivity index (χ0) is 31.6. The second-order valence-electron chi connectivity index (χ2n) is 19.0. The molecule has 0 aromatic heterocycles.